The van der Waals surface area contributed by atoms with Gasteiger partial charge < -0.3 is 0 Å². The molecule has 21 heavy (non-hydrogen) atoms. The maximum Gasteiger partial charge on any atom is 0.123 e. The first-order valence-electron chi connectivity index (χ1n) is 7.41. The number of rotatable bonds is 2. The lowest BCUT2D eigenvalue weighted by atomic mass is 9.67. The third-order valence-electron chi connectivity index (χ3n) is 4.63. The van der Waals surface area contributed by atoms with E-state index < -0.39 is 0 Å². The van der Waals surface area contributed by atoms with E-state index in [-0.39, 0.29) is 5.82 Å². The molecule has 3 aromatic rings. The highest BCUT2D eigenvalue weighted by atomic mass is 19.1. The van der Waals surface area contributed by atoms with Crippen molar-refractivity contribution in [1.82, 2.24) is 4.98 Å². The van der Waals surface area contributed by atoms with Gasteiger partial charge in [0.25, 0.3) is 0 Å². The maximum atomic E-state index is 13.1. The fourth-order valence-corrected chi connectivity index (χ4v) is 3.33. The average Bonchev–Trinajstić information content (AvgIpc) is 2.48. The molecule has 0 spiro atoms. The lowest BCUT2D eigenvalue weighted by molar-refractivity contribution is 0.346. The van der Waals surface area contributed by atoms with Crippen molar-refractivity contribution in [2.24, 2.45) is 0 Å². The van der Waals surface area contributed by atoms with E-state index in [4.69, 9.17) is 0 Å². The van der Waals surface area contributed by atoms with Crippen LogP contribution in [0.2, 0.25) is 0 Å². The molecular weight excluding hydrogens is 261 g/mol. The SMILES string of the molecule is Fc1ccc(C2CCC2c2ccc3ncccc3c2)cc1. The number of pyridine rings is 1. The Morgan fingerprint density at radius 3 is 2.33 bits per heavy atom. The Bertz CT molecular complexity index is 779. The molecule has 0 amide bonds. The summed E-state index contributed by atoms with van der Waals surface area (Å²) < 4.78 is 13.1. The van der Waals surface area contributed by atoms with E-state index >= 15 is 0 Å². The summed E-state index contributed by atoms with van der Waals surface area (Å²) in [6, 6.07) is 17.6. The van der Waals surface area contributed by atoms with Gasteiger partial charge in [0, 0.05) is 11.6 Å². The molecule has 104 valence electrons. The summed E-state index contributed by atoms with van der Waals surface area (Å²) in [7, 11) is 0. The van der Waals surface area contributed by atoms with E-state index in [1.54, 1.807) is 12.1 Å². The number of fused-ring (bicyclic) bond motifs is 1. The van der Waals surface area contributed by atoms with Crippen molar-refractivity contribution < 1.29 is 4.39 Å². The Kier molecular flexibility index (Phi) is 2.95. The number of halogens is 1. The van der Waals surface area contributed by atoms with Crippen molar-refractivity contribution in [3.8, 4) is 0 Å². The van der Waals surface area contributed by atoms with Gasteiger partial charge >= 0.3 is 0 Å². The molecule has 2 unspecified atom stereocenters. The number of nitrogens with zero attached hydrogens (tertiary/aromatic N) is 1. The molecular formula is C19H16FN. The third kappa shape index (κ3) is 2.21. The summed E-state index contributed by atoms with van der Waals surface area (Å²) in [4.78, 5) is 4.37. The molecule has 0 saturated heterocycles. The van der Waals surface area contributed by atoms with Crippen LogP contribution in [0, 0.1) is 5.82 Å². The highest BCUT2D eigenvalue weighted by Gasteiger charge is 2.33. The summed E-state index contributed by atoms with van der Waals surface area (Å²) in [5, 5.41) is 1.19. The van der Waals surface area contributed by atoms with Crippen LogP contribution in [0.1, 0.15) is 35.8 Å². The average molecular weight is 277 g/mol. The molecule has 0 bridgehead atoms. The van der Waals surface area contributed by atoms with E-state index in [0.29, 0.717) is 11.8 Å². The van der Waals surface area contributed by atoms with Crippen LogP contribution >= 0.6 is 0 Å². The first-order valence-corrected chi connectivity index (χ1v) is 7.41. The van der Waals surface area contributed by atoms with E-state index in [1.807, 2.05) is 24.4 Å². The second-order valence-electron chi connectivity index (χ2n) is 5.80. The molecule has 2 atom stereocenters. The zero-order valence-electron chi connectivity index (χ0n) is 11.7. The minimum atomic E-state index is -0.161. The van der Waals surface area contributed by atoms with E-state index in [2.05, 4.69) is 29.2 Å². The Labute approximate surface area is 123 Å². The van der Waals surface area contributed by atoms with Crippen LogP contribution in [0.5, 0.6) is 0 Å². The molecule has 0 radical (unpaired) electrons. The van der Waals surface area contributed by atoms with Crippen molar-refractivity contribution >= 4 is 10.9 Å². The van der Waals surface area contributed by atoms with E-state index in [1.165, 1.54) is 29.4 Å². The van der Waals surface area contributed by atoms with Crippen molar-refractivity contribution in [2.75, 3.05) is 0 Å². The minimum Gasteiger partial charge on any atom is -0.256 e. The summed E-state index contributed by atoms with van der Waals surface area (Å²) >= 11 is 0. The zero-order chi connectivity index (χ0) is 14.2. The fraction of sp³-hybridized carbons (Fsp3) is 0.211. The van der Waals surface area contributed by atoms with Crippen molar-refractivity contribution in [3.05, 3.63) is 77.7 Å². The minimum absolute atomic E-state index is 0.161. The van der Waals surface area contributed by atoms with Crippen molar-refractivity contribution in [3.63, 3.8) is 0 Å². The van der Waals surface area contributed by atoms with Gasteiger partial charge in [0.1, 0.15) is 5.82 Å². The Balaban J connectivity index is 1.67. The predicted octanol–water partition coefficient (Wildman–Crippen LogP) is 5.04. The topological polar surface area (TPSA) is 12.9 Å². The first kappa shape index (κ1) is 12.5. The van der Waals surface area contributed by atoms with Gasteiger partial charge in [-0.3, -0.25) is 4.98 Å². The molecule has 1 heterocycles. The summed E-state index contributed by atoms with van der Waals surface area (Å²) in [6.07, 6.45) is 4.21. The quantitative estimate of drug-likeness (QED) is 0.640. The highest BCUT2D eigenvalue weighted by molar-refractivity contribution is 5.79. The Morgan fingerprint density at radius 2 is 1.57 bits per heavy atom. The summed E-state index contributed by atoms with van der Waals surface area (Å²) in [5.41, 5.74) is 3.66. The fourth-order valence-electron chi connectivity index (χ4n) is 3.33. The molecule has 2 heteroatoms. The molecule has 0 aliphatic heterocycles. The van der Waals surface area contributed by atoms with Crippen LogP contribution in [0.3, 0.4) is 0 Å². The second-order valence-corrected chi connectivity index (χ2v) is 5.80. The highest BCUT2D eigenvalue weighted by Crippen LogP contribution is 2.49. The molecule has 4 rings (SSSR count). The van der Waals surface area contributed by atoms with Gasteiger partial charge in [-0.15, -0.1) is 0 Å². The first-order chi connectivity index (χ1) is 10.3. The molecule has 1 nitrogen and oxygen atoms in total. The summed E-state index contributed by atoms with van der Waals surface area (Å²) in [5.74, 6) is 0.895. The van der Waals surface area contributed by atoms with Crippen LogP contribution in [0.25, 0.3) is 10.9 Å². The van der Waals surface area contributed by atoms with Crippen molar-refractivity contribution in [2.45, 2.75) is 24.7 Å². The zero-order valence-corrected chi connectivity index (χ0v) is 11.7. The summed E-state index contributed by atoms with van der Waals surface area (Å²) in [6.45, 7) is 0. The molecule has 1 fully saturated rings. The van der Waals surface area contributed by atoms with Gasteiger partial charge in [0.15, 0.2) is 0 Å². The van der Waals surface area contributed by atoms with Gasteiger partial charge in [-0.05, 0) is 66.1 Å². The van der Waals surface area contributed by atoms with Crippen LogP contribution in [-0.4, -0.2) is 4.98 Å². The number of hydrogen-bond donors (Lipinski definition) is 0. The van der Waals surface area contributed by atoms with E-state index in [0.717, 1.165) is 5.52 Å². The molecule has 0 N–H and O–H groups in total. The number of benzene rings is 2. The maximum absolute atomic E-state index is 13.1. The molecule has 2 aromatic carbocycles. The number of aromatic nitrogens is 1. The number of hydrogen-bond acceptors (Lipinski definition) is 1. The van der Waals surface area contributed by atoms with Crippen molar-refractivity contribution in [1.29, 1.82) is 0 Å². The Morgan fingerprint density at radius 1 is 0.857 bits per heavy atom. The van der Waals surface area contributed by atoms with Gasteiger partial charge in [-0.2, -0.15) is 0 Å². The molecule has 1 aromatic heterocycles. The van der Waals surface area contributed by atoms with Gasteiger partial charge in [0.2, 0.25) is 0 Å². The third-order valence-corrected chi connectivity index (χ3v) is 4.63. The van der Waals surface area contributed by atoms with E-state index in [9.17, 15) is 4.39 Å². The molecule has 1 saturated carbocycles. The lowest BCUT2D eigenvalue weighted by Crippen LogP contribution is -2.21. The normalized spacial score (nSPS) is 21.2. The van der Waals surface area contributed by atoms with Crippen LogP contribution in [0.15, 0.2) is 60.8 Å². The van der Waals surface area contributed by atoms with Gasteiger partial charge in [-0.25, -0.2) is 4.39 Å². The van der Waals surface area contributed by atoms with Gasteiger partial charge in [0.05, 0.1) is 5.52 Å². The Hall–Kier alpha value is -2.22. The monoisotopic (exact) mass is 277 g/mol. The predicted molar refractivity (Wildman–Crippen MR) is 82.9 cm³/mol. The smallest absolute Gasteiger partial charge is 0.123 e. The van der Waals surface area contributed by atoms with Gasteiger partial charge in [-0.1, -0.05) is 24.3 Å². The largest absolute Gasteiger partial charge is 0.256 e. The molecule has 1 aliphatic carbocycles. The van der Waals surface area contributed by atoms with Crippen LogP contribution < -0.4 is 0 Å². The molecule has 1 aliphatic rings. The second kappa shape index (κ2) is 4.96. The van der Waals surface area contributed by atoms with Crippen LogP contribution in [0.4, 0.5) is 4.39 Å². The lowest BCUT2D eigenvalue weighted by Gasteiger charge is -2.37. The standard InChI is InChI=1S/C19H16FN/c20-16-6-3-13(4-7-16)17-8-9-18(17)14-5-10-19-15(12-14)2-1-11-21-19/h1-7,10-12,17-18H,8-9H2. The van der Waals surface area contributed by atoms with Crippen LogP contribution in [-0.2, 0) is 0 Å².